The second-order valence-corrected chi connectivity index (χ2v) is 5.78. The van der Waals surface area contributed by atoms with Crippen molar-refractivity contribution in [2.45, 2.75) is 19.4 Å². The van der Waals surface area contributed by atoms with Crippen LogP contribution in [0.1, 0.15) is 29.8 Å². The Balaban J connectivity index is 1.91. The van der Waals surface area contributed by atoms with Crippen LogP contribution in [-0.4, -0.2) is 49.2 Å². The zero-order valence-corrected chi connectivity index (χ0v) is 12.6. The van der Waals surface area contributed by atoms with Crippen molar-refractivity contribution in [2.75, 3.05) is 32.8 Å². The molecule has 0 bridgehead atoms. The van der Waals surface area contributed by atoms with E-state index in [0.717, 1.165) is 26.3 Å². The van der Waals surface area contributed by atoms with E-state index in [2.05, 4.69) is 24.1 Å². The van der Waals surface area contributed by atoms with E-state index >= 15 is 0 Å². The molecule has 0 atom stereocenters. The summed E-state index contributed by atoms with van der Waals surface area (Å²) in [6, 6.07) is 8.70. The van der Waals surface area contributed by atoms with Crippen LogP contribution in [0, 0.1) is 11.3 Å². The number of nitrogens with zero attached hydrogens (tertiary/aromatic N) is 2. The first-order valence-electron chi connectivity index (χ1n) is 7.14. The Morgan fingerprint density at radius 1 is 1.33 bits per heavy atom. The van der Waals surface area contributed by atoms with Crippen LogP contribution in [-0.2, 0) is 4.74 Å². The molecule has 1 aromatic carbocycles. The van der Waals surface area contributed by atoms with Gasteiger partial charge in [0.15, 0.2) is 0 Å². The van der Waals surface area contributed by atoms with E-state index in [4.69, 9.17) is 10.00 Å². The Bertz CT molecular complexity index is 525. The van der Waals surface area contributed by atoms with Crippen molar-refractivity contribution in [2.24, 2.45) is 0 Å². The minimum Gasteiger partial charge on any atom is -0.379 e. The molecular formula is C16H21N3O2. The average Bonchev–Trinajstić information content (AvgIpc) is 2.53. The van der Waals surface area contributed by atoms with E-state index in [1.807, 2.05) is 6.07 Å². The molecule has 5 heteroatoms. The molecule has 1 amide bonds. The molecule has 1 aliphatic rings. The van der Waals surface area contributed by atoms with Crippen molar-refractivity contribution < 1.29 is 9.53 Å². The Morgan fingerprint density at radius 3 is 2.52 bits per heavy atom. The van der Waals surface area contributed by atoms with Gasteiger partial charge < -0.3 is 10.1 Å². The molecule has 2 rings (SSSR count). The van der Waals surface area contributed by atoms with E-state index in [1.165, 1.54) is 0 Å². The van der Waals surface area contributed by atoms with Crippen LogP contribution in [0.3, 0.4) is 0 Å². The number of nitrogens with one attached hydrogen (secondary N) is 1. The third-order valence-corrected chi connectivity index (χ3v) is 3.82. The topological polar surface area (TPSA) is 65.4 Å². The number of amides is 1. The summed E-state index contributed by atoms with van der Waals surface area (Å²) < 4.78 is 5.36. The van der Waals surface area contributed by atoms with Gasteiger partial charge in [-0.2, -0.15) is 5.26 Å². The van der Waals surface area contributed by atoms with Gasteiger partial charge in [0.1, 0.15) is 0 Å². The lowest BCUT2D eigenvalue weighted by Gasteiger charge is -2.40. The van der Waals surface area contributed by atoms with E-state index < -0.39 is 0 Å². The SMILES string of the molecule is CC(C)(CNC(=O)c1ccc(C#N)cc1)N1CCOCC1. The van der Waals surface area contributed by atoms with Gasteiger partial charge in [-0.3, -0.25) is 9.69 Å². The Hall–Kier alpha value is -1.90. The van der Waals surface area contributed by atoms with Gasteiger partial charge in [0, 0.05) is 30.7 Å². The molecule has 1 N–H and O–H groups in total. The van der Waals surface area contributed by atoms with Crippen molar-refractivity contribution in [1.82, 2.24) is 10.2 Å². The normalized spacial score (nSPS) is 16.2. The number of rotatable bonds is 4. The summed E-state index contributed by atoms with van der Waals surface area (Å²) in [6.07, 6.45) is 0. The fourth-order valence-electron chi connectivity index (χ4n) is 2.38. The van der Waals surface area contributed by atoms with E-state index in [9.17, 15) is 4.79 Å². The van der Waals surface area contributed by atoms with Gasteiger partial charge in [-0.15, -0.1) is 0 Å². The van der Waals surface area contributed by atoms with Crippen LogP contribution in [0.5, 0.6) is 0 Å². The maximum Gasteiger partial charge on any atom is 0.251 e. The highest BCUT2D eigenvalue weighted by atomic mass is 16.5. The lowest BCUT2D eigenvalue weighted by atomic mass is 10.0. The summed E-state index contributed by atoms with van der Waals surface area (Å²) in [4.78, 5) is 14.5. The monoisotopic (exact) mass is 287 g/mol. The number of hydrogen-bond donors (Lipinski definition) is 1. The minimum absolute atomic E-state index is 0.105. The third-order valence-electron chi connectivity index (χ3n) is 3.82. The molecule has 1 saturated heterocycles. The molecule has 0 saturated carbocycles. The lowest BCUT2D eigenvalue weighted by molar-refractivity contribution is -0.00923. The van der Waals surface area contributed by atoms with Gasteiger partial charge in [0.2, 0.25) is 0 Å². The number of carbonyl (C=O) groups is 1. The second-order valence-electron chi connectivity index (χ2n) is 5.78. The maximum absolute atomic E-state index is 12.1. The standard InChI is InChI=1S/C16H21N3O2/c1-16(2,19-7-9-21-10-8-19)12-18-15(20)14-5-3-13(11-17)4-6-14/h3-6H,7-10,12H2,1-2H3,(H,18,20). The first-order valence-corrected chi connectivity index (χ1v) is 7.14. The predicted molar refractivity (Wildman–Crippen MR) is 80.0 cm³/mol. The number of morpholine rings is 1. The van der Waals surface area contributed by atoms with Gasteiger partial charge in [-0.25, -0.2) is 0 Å². The fraction of sp³-hybridized carbons (Fsp3) is 0.500. The van der Waals surface area contributed by atoms with Gasteiger partial charge in [-0.1, -0.05) is 0 Å². The average molecular weight is 287 g/mol. The third kappa shape index (κ3) is 4.03. The predicted octanol–water partition coefficient (Wildman–Crippen LogP) is 1.40. The quantitative estimate of drug-likeness (QED) is 0.909. The minimum atomic E-state index is -0.110. The van der Waals surface area contributed by atoms with Crippen LogP contribution < -0.4 is 5.32 Å². The summed E-state index contributed by atoms with van der Waals surface area (Å²) in [7, 11) is 0. The van der Waals surface area contributed by atoms with E-state index in [-0.39, 0.29) is 11.4 Å². The zero-order valence-electron chi connectivity index (χ0n) is 12.6. The van der Waals surface area contributed by atoms with Crippen molar-refractivity contribution in [1.29, 1.82) is 5.26 Å². The number of nitriles is 1. The molecule has 0 aromatic heterocycles. The highest BCUT2D eigenvalue weighted by Gasteiger charge is 2.28. The van der Waals surface area contributed by atoms with Crippen LogP contribution in [0.4, 0.5) is 0 Å². The molecule has 1 heterocycles. The fourth-order valence-corrected chi connectivity index (χ4v) is 2.38. The number of hydrogen-bond acceptors (Lipinski definition) is 4. The summed E-state index contributed by atoms with van der Waals surface area (Å²) in [6.45, 7) is 8.08. The van der Waals surface area contributed by atoms with Crippen molar-refractivity contribution in [3.8, 4) is 6.07 Å². The van der Waals surface area contributed by atoms with Gasteiger partial charge in [-0.05, 0) is 38.1 Å². The molecule has 112 valence electrons. The maximum atomic E-state index is 12.1. The molecular weight excluding hydrogens is 266 g/mol. The zero-order chi connectivity index (χ0) is 15.3. The number of carbonyl (C=O) groups excluding carboxylic acids is 1. The van der Waals surface area contributed by atoms with Crippen molar-refractivity contribution >= 4 is 5.91 Å². The van der Waals surface area contributed by atoms with Gasteiger partial charge >= 0.3 is 0 Å². The molecule has 0 unspecified atom stereocenters. The Kier molecular flexibility index (Phi) is 4.94. The molecule has 21 heavy (non-hydrogen) atoms. The summed E-state index contributed by atoms with van der Waals surface area (Å²) in [5.74, 6) is -0.110. The molecule has 0 aliphatic carbocycles. The van der Waals surface area contributed by atoms with Crippen LogP contribution in [0.2, 0.25) is 0 Å². The summed E-state index contributed by atoms with van der Waals surface area (Å²) in [5.41, 5.74) is 1.03. The first-order chi connectivity index (χ1) is 10.0. The Labute approximate surface area is 125 Å². The summed E-state index contributed by atoms with van der Waals surface area (Å²) >= 11 is 0. The van der Waals surface area contributed by atoms with Gasteiger partial charge in [0.05, 0.1) is 24.8 Å². The Morgan fingerprint density at radius 2 is 1.95 bits per heavy atom. The number of benzene rings is 1. The number of ether oxygens (including phenoxy) is 1. The first kappa shape index (κ1) is 15.5. The molecule has 1 aliphatic heterocycles. The van der Waals surface area contributed by atoms with Crippen LogP contribution in [0.25, 0.3) is 0 Å². The van der Waals surface area contributed by atoms with E-state index in [0.29, 0.717) is 17.7 Å². The molecule has 1 aromatic rings. The molecule has 5 nitrogen and oxygen atoms in total. The van der Waals surface area contributed by atoms with Crippen LogP contribution >= 0.6 is 0 Å². The smallest absolute Gasteiger partial charge is 0.251 e. The summed E-state index contributed by atoms with van der Waals surface area (Å²) in [5, 5.41) is 11.7. The molecule has 1 fully saturated rings. The lowest BCUT2D eigenvalue weighted by Crippen LogP contribution is -2.55. The van der Waals surface area contributed by atoms with Crippen molar-refractivity contribution in [3.05, 3.63) is 35.4 Å². The molecule has 0 spiro atoms. The second kappa shape index (κ2) is 6.70. The van der Waals surface area contributed by atoms with Crippen LogP contribution in [0.15, 0.2) is 24.3 Å². The highest BCUT2D eigenvalue weighted by molar-refractivity contribution is 5.94. The largest absolute Gasteiger partial charge is 0.379 e. The van der Waals surface area contributed by atoms with Gasteiger partial charge in [0.25, 0.3) is 5.91 Å². The highest BCUT2D eigenvalue weighted by Crippen LogP contribution is 2.15. The van der Waals surface area contributed by atoms with E-state index in [1.54, 1.807) is 24.3 Å². The molecule has 0 radical (unpaired) electrons. The van der Waals surface area contributed by atoms with Crippen molar-refractivity contribution in [3.63, 3.8) is 0 Å².